The van der Waals surface area contributed by atoms with Gasteiger partial charge < -0.3 is 4.79 Å². The first-order chi connectivity index (χ1) is 8.19. The third-order valence-corrected chi connectivity index (χ3v) is 4.30. The lowest BCUT2D eigenvalue weighted by atomic mass is 9.75. The highest BCUT2D eigenvalue weighted by atomic mass is 16.1. The predicted octanol–water partition coefficient (Wildman–Crippen LogP) is 4.91. The SMILES string of the molecule is CCCCCCCC1CC(C)=C(C)CC1C=O. The summed E-state index contributed by atoms with van der Waals surface area (Å²) in [5, 5.41) is 0. The van der Waals surface area contributed by atoms with Crippen LogP contribution < -0.4 is 0 Å². The molecule has 1 rings (SSSR count). The molecule has 0 heterocycles. The van der Waals surface area contributed by atoms with Crippen LogP contribution in [-0.2, 0) is 4.79 Å². The largest absolute Gasteiger partial charge is 0.303 e. The van der Waals surface area contributed by atoms with Gasteiger partial charge in [-0.1, -0.05) is 50.2 Å². The molecular weight excluding hydrogens is 208 g/mol. The van der Waals surface area contributed by atoms with Crippen LogP contribution in [0.3, 0.4) is 0 Å². The van der Waals surface area contributed by atoms with E-state index in [1.54, 1.807) is 0 Å². The number of aldehydes is 1. The van der Waals surface area contributed by atoms with Crippen molar-refractivity contribution < 1.29 is 4.79 Å². The van der Waals surface area contributed by atoms with E-state index in [9.17, 15) is 4.79 Å². The van der Waals surface area contributed by atoms with Gasteiger partial charge in [-0.15, -0.1) is 0 Å². The Bertz CT molecular complexity index is 265. The molecule has 1 aliphatic carbocycles. The summed E-state index contributed by atoms with van der Waals surface area (Å²) in [5.74, 6) is 0.919. The lowest BCUT2D eigenvalue weighted by Gasteiger charge is -2.29. The standard InChI is InChI=1S/C16H28O/c1-4-5-6-7-8-9-15-10-13(2)14(3)11-16(15)12-17/h12,15-16H,4-11H2,1-3H3. The Labute approximate surface area is 107 Å². The quantitative estimate of drug-likeness (QED) is 0.349. The van der Waals surface area contributed by atoms with Crippen LogP contribution in [0.1, 0.15) is 72.1 Å². The normalized spacial score (nSPS) is 25.1. The van der Waals surface area contributed by atoms with Crippen LogP contribution in [0.4, 0.5) is 0 Å². The fourth-order valence-electron chi connectivity index (χ4n) is 2.90. The summed E-state index contributed by atoms with van der Waals surface area (Å²) >= 11 is 0. The second kappa shape index (κ2) is 7.68. The van der Waals surface area contributed by atoms with Crippen LogP contribution in [0.5, 0.6) is 0 Å². The Morgan fingerprint density at radius 3 is 2.35 bits per heavy atom. The number of unbranched alkanes of at least 4 members (excludes halogenated alkanes) is 4. The van der Waals surface area contributed by atoms with Crippen LogP contribution in [-0.4, -0.2) is 6.29 Å². The van der Waals surface area contributed by atoms with E-state index in [0.29, 0.717) is 11.8 Å². The molecule has 2 unspecified atom stereocenters. The first-order valence-corrected chi connectivity index (χ1v) is 7.29. The van der Waals surface area contributed by atoms with Gasteiger partial charge >= 0.3 is 0 Å². The minimum absolute atomic E-state index is 0.296. The molecule has 0 radical (unpaired) electrons. The topological polar surface area (TPSA) is 17.1 Å². The van der Waals surface area contributed by atoms with Crippen molar-refractivity contribution in [2.75, 3.05) is 0 Å². The predicted molar refractivity (Wildman–Crippen MR) is 74.0 cm³/mol. The number of hydrogen-bond acceptors (Lipinski definition) is 1. The second-order valence-corrected chi connectivity index (χ2v) is 5.73. The van der Waals surface area contributed by atoms with Gasteiger partial charge in [-0.05, 0) is 39.0 Å². The summed E-state index contributed by atoms with van der Waals surface area (Å²) in [6.45, 7) is 6.67. The molecular formula is C16H28O. The van der Waals surface area contributed by atoms with E-state index in [-0.39, 0.29) is 0 Å². The van der Waals surface area contributed by atoms with Crippen molar-refractivity contribution in [3.8, 4) is 0 Å². The molecule has 0 bridgehead atoms. The zero-order valence-corrected chi connectivity index (χ0v) is 11.8. The van der Waals surface area contributed by atoms with Gasteiger partial charge in [0.2, 0.25) is 0 Å². The molecule has 0 N–H and O–H groups in total. The van der Waals surface area contributed by atoms with Crippen molar-refractivity contribution in [3.05, 3.63) is 11.1 Å². The van der Waals surface area contributed by atoms with E-state index >= 15 is 0 Å². The zero-order chi connectivity index (χ0) is 12.7. The van der Waals surface area contributed by atoms with Crippen molar-refractivity contribution in [2.24, 2.45) is 11.8 Å². The Balaban J connectivity index is 2.33. The highest BCUT2D eigenvalue weighted by molar-refractivity contribution is 5.55. The Kier molecular flexibility index (Phi) is 6.54. The molecule has 0 spiro atoms. The molecule has 1 nitrogen and oxygen atoms in total. The molecule has 1 heteroatoms. The van der Waals surface area contributed by atoms with Crippen LogP contribution >= 0.6 is 0 Å². The van der Waals surface area contributed by atoms with Crippen molar-refractivity contribution in [2.45, 2.75) is 72.1 Å². The summed E-state index contributed by atoms with van der Waals surface area (Å²) < 4.78 is 0. The number of hydrogen-bond donors (Lipinski definition) is 0. The summed E-state index contributed by atoms with van der Waals surface area (Å²) in [5.41, 5.74) is 2.98. The number of carbonyl (C=O) groups is 1. The van der Waals surface area contributed by atoms with Crippen molar-refractivity contribution in [3.63, 3.8) is 0 Å². The first kappa shape index (κ1) is 14.5. The Morgan fingerprint density at radius 1 is 1.06 bits per heavy atom. The summed E-state index contributed by atoms with van der Waals surface area (Å²) in [6.07, 6.45) is 11.3. The summed E-state index contributed by atoms with van der Waals surface area (Å²) in [6, 6.07) is 0. The lowest BCUT2D eigenvalue weighted by Crippen LogP contribution is -2.21. The minimum Gasteiger partial charge on any atom is -0.303 e. The lowest BCUT2D eigenvalue weighted by molar-refractivity contribution is -0.112. The fourth-order valence-corrected chi connectivity index (χ4v) is 2.90. The van der Waals surface area contributed by atoms with Gasteiger partial charge in [0.05, 0.1) is 0 Å². The molecule has 0 saturated heterocycles. The average Bonchev–Trinajstić information content (AvgIpc) is 2.33. The highest BCUT2D eigenvalue weighted by Crippen LogP contribution is 2.35. The molecule has 0 amide bonds. The van der Waals surface area contributed by atoms with Gasteiger partial charge in [0.25, 0.3) is 0 Å². The van der Waals surface area contributed by atoms with Gasteiger partial charge in [-0.2, -0.15) is 0 Å². The third kappa shape index (κ3) is 4.65. The number of allylic oxidation sites excluding steroid dienone is 2. The molecule has 0 aromatic heterocycles. The second-order valence-electron chi connectivity index (χ2n) is 5.73. The molecule has 0 saturated carbocycles. The van der Waals surface area contributed by atoms with E-state index in [0.717, 1.165) is 12.8 Å². The van der Waals surface area contributed by atoms with Crippen LogP contribution in [0.2, 0.25) is 0 Å². The molecule has 0 fully saturated rings. The fraction of sp³-hybridized carbons (Fsp3) is 0.812. The van der Waals surface area contributed by atoms with Crippen molar-refractivity contribution in [1.29, 1.82) is 0 Å². The van der Waals surface area contributed by atoms with Gasteiger partial charge in [-0.3, -0.25) is 0 Å². The van der Waals surface area contributed by atoms with E-state index in [1.165, 1.54) is 56.0 Å². The van der Waals surface area contributed by atoms with Crippen molar-refractivity contribution >= 4 is 6.29 Å². The Morgan fingerprint density at radius 2 is 1.71 bits per heavy atom. The van der Waals surface area contributed by atoms with Gasteiger partial charge in [0.15, 0.2) is 0 Å². The van der Waals surface area contributed by atoms with Crippen LogP contribution in [0.15, 0.2) is 11.1 Å². The smallest absolute Gasteiger partial charge is 0.123 e. The molecule has 2 atom stereocenters. The van der Waals surface area contributed by atoms with E-state index in [4.69, 9.17) is 0 Å². The van der Waals surface area contributed by atoms with Crippen LogP contribution in [0, 0.1) is 11.8 Å². The maximum Gasteiger partial charge on any atom is 0.123 e. The van der Waals surface area contributed by atoms with Crippen molar-refractivity contribution in [1.82, 2.24) is 0 Å². The summed E-state index contributed by atoms with van der Waals surface area (Å²) in [7, 11) is 0. The molecule has 1 aliphatic rings. The minimum atomic E-state index is 0.296. The molecule has 98 valence electrons. The van der Waals surface area contributed by atoms with Gasteiger partial charge in [0, 0.05) is 5.92 Å². The van der Waals surface area contributed by atoms with Gasteiger partial charge in [0.1, 0.15) is 6.29 Å². The molecule has 17 heavy (non-hydrogen) atoms. The monoisotopic (exact) mass is 236 g/mol. The molecule has 0 aliphatic heterocycles. The Hall–Kier alpha value is -0.590. The first-order valence-electron chi connectivity index (χ1n) is 7.29. The van der Waals surface area contributed by atoms with Crippen LogP contribution in [0.25, 0.3) is 0 Å². The zero-order valence-electron chi connectivity index (χ0n) is 11.8. The molecule has 0 aromatic carbocycles. The maximum atomic E-state index is 11.1. The van der Waals surface area contributed by atoms with E-state index < -0.39 is 0 Å². The third-order valence-electron chi connectivity index (χ3n) is 4.30. The van der Waals surface area contributed by atoms with Gasteiger partial charge in [-0.25, -0.2) is 0 Å². The number of rotatable bonds is 7. The number of carbonyl (C=O) groups excluding carboxylic acids is 1. The summed E-state index contributed by atoms with van der Waals surface area (Å²) in [4.78, 5) is 11.1. The maximum absolute atomic E-state index is 11.1. The average molecular weight is 236 g/mol. The highest BCUT2D eigenvalue weighted by Gasteiger charge is 2.26. The van der Waals surface area contributed by atoms with E-state index in [2.05, 4.69) is 20.8 Å². The van der Waals surface area contributed by atoms with E-state index in [1.807, 2.05) is 0 Å². The molecule has 0 aromatic rings.